The van der Waals surface area contributed by atoms with E-state index >= 15 is 0 Å². The number of hydrogen-bond acceptors (Lipinski definition) is 4. The molecule has 1 fully saturated rings. The summed E-state index contributed by atoms with van der Waals surface area (Å²) in [7, 11) is -3.09. The van der Waals surface area contributed by atoms with Gasteiger partial charge in [-0.2, -0.15) is 4.31 Å². The zero-order valence-electron chi connectivity index (χ0n) is 12.3. The highest BCUT2D eigenvalue weighted by Crippen LogP contribution is 2.23. The molecule has 1 aromatic heterocycles. The van der Waals surface area contributed by atoms with E-state index in [0.29, 0.717) is 26.2 Å². The van der Waals surface area contributed by atoms with E-state index in [1.54, 1.807) is 0 Å². The van der Waals surface area contributed by atoms with Crippen molar-refractivity contribution in [2.45, 2.75) is 6.92 Å². The van der Waals surface area contributed by atoms with Crippen LogP contribution in [-0.2, 0) is 10.0 Å². The first-order valence-corrected chi connectivity index (χ1v) is 8.86. The number of pyridine rings is 1. The van der Waals surface area contributed by atoms with E-state index in [0.717, 1.165) is 16.7 Å². The lowest BCUT2D eigenvalue weighted by Crippen LogP contribution is -2.48. The Hall–Kier alpha value is -1.66. The van der Waals surface area contributed by atoms with Crippen molar-refractivity contribution in [1.82, 2.24) is 9.29 Å². The van der Waals surface area contributed by atoms with Crippen LogP contribution in [0.4, 0.5) is 5.82 Å². The second kappa shape index (κ2) is 5.27. The molecule has 1 aliphatic heterocycles. The van der Waals surface area contributed by atoms with Gasteiger partial charge in [0.15, 0.2) is 0 Å². The van der Waals surface area contributed by atoms with Crippen molar-refractivity contribution in [2.75, 3.05) is 37.3 Å². The van der Waals surface area contributed by atoms with Crippen molar-refractivity contribution < 1.29 is 8.42 Å². The maximum atomic E-state index is 11.6. The predicted octanol–water partition coefficient (Wildman–Crippen LogP) is 1.62. The number of rotatable bonds is 2. The normalized spacial score (nSPS) is 17.3. The van der Waals surface area contributed by atoms with Crippen LogP contribution >= 0.6 is 0 Å². The van der Waals surface area contributed by atoms with Crippen LogP contribution in [0.2, 0.25) is 0 Å². The number of aryl methyl sites for hydroxylation is 1. The Kier molecular flexibility index (Phi) is 3.59. The van der Waals surface area contributed by atoms with Crippen LogP contribution in [0.5, 0.6) is 0 Å². The van der Waals surface area contributed by atoms with Crippen LogP contribution in [0.3, 0.4) is 0 Å². The molecule has 0 bridgehead atoms. The molecule has 0 saturated carbocycles. The first-order valence-electron chi connectivity index (χ1n) is 7.01. The van der Waals surface area contributed by atoms with Crippen molar-refractivity contribution in [3.8, 4) is 0 Å². The molecule has 0 N–H and O–H groups in total. The fourth-order valence-electron chi connectivity index (χ4n) is 2.74. The quantitative estimate of drug-likeness (QED) is 0.846. The summed E-state index contributed by atoms with van der Waals surface area (Å²) in [5.41, 5.74) is 2.18. The van der Waals surface area contributed by atoms with Crippen LogP contribution in [-0.4, -0.2) is 50.1 Å². The summed E-state index contributed by atoms with van der Waals surface area (Å²) < 4.78 is 24.6. The Morgan fingerprint density at radius 3 is 2.43 bits per heavy atom. The van der Waals surface area contributed by atoms with E-state index < -0.39 is 10.0 Å². The molecule has 0 spiro atoms. The summed E-state index contributed by atoms with van der Waals surface area (Å²) in [4.78, 5) is 6.86. The second-order valence-electron chi connectivity index (χ2n) is 5.46. The number of fused-ring (bicyclic) bond motifs is 1. The van der Waals surface area contributed by atoms with E-state index in [9.17, 15) is 8.42 Å². The van der Waals surface area contributed by atoms with Gasteiger partial charge in [0, 0.05) is 31.6 Å². The minimum atomic E-state index is -3.09. The number of sulfonamides is 1. The van der Waals surface area contributed by atoms with E-state index in [-0.39, 0.29) is 0 Å². The minimum Gasteiger partial charge on any atom is -0.354 e. The molecule has 2 aromatic rings. The topological polar surface area (TPSA) is 53.5 Å². The maximum absolute atomic E-state index is 11.6. The number of piperazine rings is 1. The van der Waals surface area contributed by atoms with Gasteiger partial charge in [0.25, 0.3) is 0 Å². The zero-order chi connectivity index (χ0) is 15.0. The van der Waals surface area contributed by atoms with E-state index in [1.807, 2.05) is 18.2 Å². The number of aromatic nitrogens is 1. The van der Waals surface area contributed by atoms with Crippen molar-refractivity contribution >= 4 is 26.7 Å². The Morgan fingerprint density at radius 1 is 1.10 bits per heavy atom. The summed E-state index contributed by atoms with van der Waals surface area (Å²) in [6.07, 6.45) is 1.26. The van der Waals surface area contributed by atoms with Gasteiger partial charge < -0.3 is 4.90 Å². The first-order chi connectivity index (χ1) is 9.95. The Balaban J connectivity index is 1.86. The highest BCUT2D eigenvalue weighted by molar-refractivity contribution is 7.88. The van der Waals surface area contributed by atoms with Gasteiger partial charge in [0.1, 0.15) is 5.82 Å². The third-order valence-electron chi connectivity index (χ3n) is 3.94. The Bertz CT molecular complexity index is 766. The molecule has 2 heterocycles. The lowest BCUT2D eigenvalue weighted by atomic mass is 10.1. The lowest BCUT2D eigenvalue weighted by Gasteiger charge is -2.34. The largest absolute Gasteiger partial charge is 0.354 e. The van der Waals surface area contributed by atoms with Crippen molar-refractivity contribution in [2.24, 2.45) is 0 Å². The fourth-order valence-corrected chi connectivity index (χ4v) is 3.57. The van der Waals surface area contributed by atoms with Gasteiger partial charge in [-0.05, 0) is 24.6 Å². The van der Waals surface area contributed by atoms with Gasteiger partial charge in [-0.1, -0.05) is 18.2 Å². The molecule has 1 aromatic carbocycles. The lowest BCUT2D eigenvalue weighted by molar-refractivity contribution is 0.387. The van der Waals surface area contributed by atoms with Crippen LogP contribution in [0, 0.1) is 6.92 Å². The predicted molar refractivity (Wildman–Crippen MR) is 85.1 cm³/mol. The number of benzene rings is 1. The van der Waals surface area contributed by atoms with Crippen molar-refractivity contribution in [1.29, 1.82) is 0 Å². The molecule has 0 aliphatic carbocycles. The summed E-state index contributed by atoms with van der Waals surface area (Å²) >= 11 is 0. The van der Waals surface area contributed by atoms with Crippen LogP contribution < -0.4 is 4.90 Å². The molecule has 112 valence electrons. The molecule has 6 heteroatoms. The van der Waals surface area contributed by atoms with Crippen LogP contribution in [0.15, 0.2) is 30.3 Å². The van der Waals surface area contributed by atoms with E-state index in [2.05, 4.69) is 24.0 Å². The van der Waals surface area contributed by atoms with E-state index in [1.165, 1.54) is 16.1 Å². The molecule has 0 atom stereocenters. The molecule has 1 saturated heterocycles. The molecule has 0 radical (unpaired) electrons. The molecule has 0 amide bonds. The van der Waals surface area contributed by atoms with Crippen molar-refractivity contribution in [3.05, 3.63) is 35.9 Å². The number of anilines is 1. The van der Waals surface area contributed by atoms with Gasteiger partial charge in [-0.3, -0.25) is 0 Å². The summed E-state index contributed by atoms with van der Waals surface area (Å²) in [6.45, 7) is 4.48. The Morgan fingerprint density at radius 2 is 1.76 bits per heavy atom. The average Bonchev–Trinajstić information content (AvgIpc) is 2.46. The minimum absolute atomic E-state index is 0.520. The molecular weight excluding hydrogens is 286 g/mol. The maximum Gasteiger partial charge on any atom is 0.211 e. The van der Waals surface area contributed by atoms with Crippen LogP contribution in [0.1, 0.15) is 5.56 Å². The summed E-state index contributed by atoms with van der Waals surface area (Å²) in [5.74, 6) is 0.930. The monoisotopic (exact) mass is 305 g/mol. The van der Waals surface area contributed by atoms with E-state index in [4.69, 9.17) is 4.98 Å². The molecule has 1 aliphatic rings. The van der Waals surface area contributed by atoms with Gasteiger partial charge in [0.05, 0.1) is 11.8 Å². The third-order valence-corrected chi connectivity index (χ3v) is 5.24. The fraction of sp³-hybridized carbons (Fsp3) is 0.400. The van der Waals surface area contributed by atoms with Gasteiger partial charge in [-0.15, -0.1) is 0 Å². The molecule has 21 heavy (non-hydrogen) atoms. The highest BCUT2D eigenvalue weighted by Gasteiger charge is 2.24. The summed E-state index contributed by atoms with van der Waals surface area (Å²) in [6, 6.07) is 10.2. The number of nitrogens with zero attached hydrogens (tertiary/aromatic N) is 3. The zero-order valence-corrected chi connectivity index (χ0v) is 13.1. The van der Waals surface area contributed by atoms with Gasteiger partial charge >= 0.3 is 0 Å². The standard InChI is InChI=1S/C15H19N3O2S/c1-12-11-15(16-14-6-4-3-5-13(12)14)17-7-9-18(10-8-17)21(2,19)20/h3-6,11H,7-10H2,1-2H3. The summed E-state index contributed by atoms with van der Waals surface area (Å²) in [5, 5.41) is 1.16. The average molecular weight is 305 g/mol. The Labute approximate surface area is 125 Å². The molecule has 5 nitrogen and oxygen atoms in total. The second-order valence-corrected chi connectivity index (χ2v) is 7.45. The molecular formula is C15H19N3O2S. The van der Waals surface area contributed by atoms with Crippen molar-refractivity contribution in [3.63, 3.8) is 0 Å². The number of hydrogen-bond donors (Lipinski definition) is 0. The highest BCUT2D eigenvalue weighted by atomic mass is 32.2. The van der Waals surface area contributed by atoms with Gasteiger partial charge in [-0.25, -0.2) is 13.4 Å². The molecule has 0 unspecified atom stereocenters. The first kappa shape index (κ1) is 14.3. The number of para-hydroxylation sites is 1. The van der Waals surface area contributed by atoms with Gasteiger partial charge in [0.2, 0.25) is 10.0 Å². The smallest absolute Gasteiger partial charge is 0.211 e. The third kappa shape index (κ3) is 2.87. The SMILES string of the molecule is Cc1cc(N2CCN(S(C)(=O)=O)CC2)nc2ccccc12. The van der Waals surface area contributed by atoms with Crippen LogP contribution in [0.25, 0.3) is 10.9 Å². The molecule has 3 rings (SSSR count).